The number of halogens is 2. The Morgan fingerprint density at radius 2 is 1.80 bits per heavy atom. The summed E-state index contributed by atoms with van der Waals surface area (Å²) in [6.45, 7) is 8.48. The fourth-order valence-corrected chi connectivity index (χ4v) is 3.32. The molecule has 1 aliphatic heterocycles. The van der Waals surface area contributed by atoms with Crippen LogP contribution in [0.25, 0.3) is 10.9 Å². The van der Waals surface area contributed by atoms with E-state index in [0.29, 0.717) is 13.0 Å². The zero-order chi connectivity index (χ0) is 16.3. The summed E-state index contributed by atoms with van der Waals surface area (Å²) >= 11 is 0. The van der Waals surface area contributed by atoms with Gasteiger partial charge >= 0.3 is 0 Å². The molecule has 0 amide bonds. The van der Waals surface area contributed by atoms with E-state index in [4.69, 9.17) is 10.7 Å². The molecule has 1 saturated heterocycles. The molecule has 0 aliphatic carbocycles. The van der Waals surface area contributed by atoms with Gasteiger partial charge in [0.2, 0.25) is 0 Å². The summed E-state index contributed by atoms with van der Waals surface area (Å²) in [5.74, 6) is 1.73. The van der Waals surface area contributed by atoms with Crippen molar-refractivity contribution >= 4 is 41.5 Å². The summed E-state index contributed by atoms with van der Waals surface area (Å²) in [6.07, 6.45) is 3.33. The number of nitrogens with zero attached hydrogens (tertiary/aromatic N) is 3. The molecule has 1 aromatic carbocycles. The van der Waals surface area contributed by atoms with Crippen LogP contribution in [-0.2, 0) is 6.42 Å². The van der Waals surface area contributed by atoms with Gasteiger partial charge in [0.05, 0.1) is 5.52 Å². The average molecular weight is 386 g/mol. The fourth-order valence-electron chi connectivity index (χ4n) is 3.32. The average Bonchev–Trinajstić information content (AvgIpc) is 2.99. The van der Waals surface area contributed by atoms with Gasteiger partial charge in [0, 0.05) is 23.9 Å². The van der Waals surface area contributed by atoms with Crippen molar-refractivity contribution in [2.45, 2.75) is 38.6 Å². The van der Waals surface area contributed by atoms with Gasteiger partial charge in [-0.15, -0.1) is 24.8 Å². The number of nitrogens with two attached hydrogens (primary N) is 1. The van der Waals surface area contributed by atoms with Crippen LogP contribution in [0.2, 0.25) is 0 Å². The molecule has 1 aliphatic rings. The Morgan fingerprint density at radius 3 is 2.48 bits per heavy atom. The van der Waals surface area contributed by atoms with E-state index >= 15 is 0 Å². The van der Waals surface area contributed by atoms with Gasteiger partial charge in [0.1, 0.15) is 11.6 Å². The molecule has 25 heavy (non-hydrogen) atoms. The molecule has 3 rings (SSSR count). The normalized spacial score (nSPS) is 14.8. The highest BCUT2D eigenvalue weighted by atomic mass is 35.5. The van der Waals surface area contributed by atoms with E-state index in [-0.39, 0.29) is 30.4 Å². The summed E-state index contributed by atoms with van der Waals surface area (Å²) in [5.41, 5.74) is 6.62. The number of nitrogens with one attached hydrogen (secondary N) is 1. The van der Waals surface area contributed by atoms with E-state index in [2.05, 4.69) is 35.1 Å². The predicted molar refractivity (Wildman–Crippen MR) is 110 cm³/mol. The van der Waals surface area contributed by atoms with Crippen molar-refractivity contribution in [1.29, 1.82) is 0 Å². The number of aromatic nitrogens is 2. The van der Waals surface area contributed by atoms with Crippen molar-refractivity contribution in [2.24, 2.45) is 5.73 Å². The van der Waals surface area contributed by atoms with Crippen LogP contribution in [0.4, 0.5) is 5.82 Å². The van der Waals surface area contributed by atoms with Crippen molar-refractivity contribution in [3.05, 3.63) is 30.1 Å². The largest absolute Gasteiger partial charge is 0.363 e. The Labute approximate surface area is 162 Å². The SMILES string of the molecule is CC(C)(CN1CCCC1)Nc1nc(CCN)nc2ccccc12.Cl.Cl. The Hall–Kier alpha value is -1.14. The van der Waals surface area contributed by atoms with Crippen LogP contribution < -0.4 is 11.1 Å². The first-order valence-corrected chi connectivity index (χ1v) is 8.54. The van der Waals surface area contributed by atoms with Gasteiger partial charge < -0.3 is 16.0 Å². The van der Waals surface area contributed by atoms with Crippen molar-refractivity contribution in [2.75, 3.05) is 31.5 Å². The zero-order valence-corrected chi connectivity index (χ0v) is 16.6. The molecule has 0 radical (unpaired) electrons. The number of fused-ring (bicyclic) bond motifs is 1. The van der Waals surface area contributed by atoms with Crippen molar-refractivity contribution in [3.63, 3.8) is 0 Å². The molecule has 140 valence electrons. The molecule has 2 aromatic rings. The van der Waals surface area contributed by atoms with Gasteiger partial charge in [0.25, 0.3) is 0 Å². The van der Waals surface area contributed by atoms with Crippen LogP contribution in [-0.4, -0.2) is 46.6 Å². The standard InChI is InChI=1S/C18H27N5.2ClH/c1-18(2,13-23-11-5-6-12-23)22-17-14-7-3-4-8-15(14)20-16(21-17)9-10-19;;/h3-4,7-8H,5-6,9-13,19H2,1-2H3,(H,20,21,22);2*1H. The number of likely N-dealkylation sites (tertiary alicyclic amines) is 1. The summed E-state index contributed by atoms with van der Waals surface area (Å²) in [7, 11) is 0. The lowest BCUT2D eigenvalue weighted by molar-refractivity contribution is 0.284. The van der Waals surface area contributed by atoms with Gasteiger partial charge in [-0.05, 0) is 58.5 Å². The summed E-state index contributed by atoms with van der Waals surface area (Å²) in [6, 6.07) is 8.17. The Kier molecular flexibility index (Phi) is 8.35. The lowest BCUT2D eigenvalue weighted by atomic mass is 10.0. The number of para-hydroxylation sites is 1. The predicted octanol–water partition coefficient (Wildman–Crippen LogP) is 3.26. The maximum absolute atomic E-state index is 5.68. The third-order valence-corrected chi connectivity index (χ3v) is 4.29. The number of rotatable bonds is 6. The lowest BCUT2D eigenvalue weighted by Gasteiger charge is -2.32. The van der Waals surface area contributed by atoms with E-state index in [0.717, 1.165) is 29.1 Å². The van der Waals surface area contributed by atoms with Crippen LogP contribution in [0.3, 0.4) is 0 Å². The molecule has 1 aromatic heterocycles. The number of anilines is 1. The van der Waals surface area contributed by atoms with E-state index in [9.17, 15) is 0 Å². The first-order chi connectivity index (χ1) is 11.1. The minimum absolute atomic E-state index is 0. The molecular formula is C18H29Cl2N5. The molecule has 2 heterocycles. The van der Waals surface area contributed by atoms with Gasteiger partial charge in [-0.1, -0.05) is 12.1 Å². The molecule has 0 saturated carbocycles. The first-order valence-electron chi connectivity index (χ1n) is 8.54. The fraction of sp³-hybridized carbons (Fsp3) is 0.556. The van der Waals surface area contributed by atoms with Gasteiger partial charge in [0.15, 0.2) is 0 Å². The highest BCUT2D eigenvalue weighted by Crippen LogP contribution is 2.24. The second kappa shape index (κ2) is 9.53. The minimum atomic E-state index is -0.0402. The maximum Gasteiger partial charge on any atom is 0.138 e. The van der Waals surface area contributed by atoms with E-state index in [1.165, 1.54) is 25.9 Å². The van der Waals surface area contributed by atoms with Crippen LogP contribution in [0.15, 0.2) is 24.3 Å². The van der Waals surface area contributed by atoms with Crippen LogP contribution in [0.1, 0.15) is 32.5 Å². The third-order valence-electron chi connectivity index (χ3n) is 4.29. The summed E-state index contributed by atoms with van der Waals surface area (Å²) < 4.78 is 0. The smallest absolute Gasteiger partial charge is 0.138 e. The number of hydrogen-bond donors (Lipinski definition) is 2. The molecular weight excluding hydrogens is 357 g/mol. The van der Waals surface area contributed by atoms with Gasteiger partial charge in [-0.2, -0.15) is 0 Å². The quantitative estimate of drug-likeness (QED) is 0.798. The van der Waals surface area contributed by atoms with E-state index in [1.807, 2.05) is 18.2 Å². The number of benzene rings is 1. The van der Waals surface area contributed by atoms with Crippen LogP contribution >= 0.6 is 24.8 Å². The Bertz CT molecular complexity index is 672. The van der Waals surface area contributed by atoms with Crippen LogP contribution in [0, 0.1) is 0 Å². The Morgan fingerprint density at radius 1 is 1.12 bits per heavy atom. The minimum Gasteiger partial charge on any atom is -0.363 e. The second-order valence-electron chi connectivity index (χ2n) is 7.04. The topological polar surface area (TPSA) is 67.1 Å². The van der Waals surface area contributed by atoms with Crippen molar-refractivity contribution in [1.82, 2.24) is 14.9 Å². The van der Waals surface area contributed by atoms with Gasteiger partial charge in [-0.25, -0.2) is 9.97 Å². The third kappa shape index (κ3) is 5.68. The second-order valence-corrected chi connectivity index (χ2v) is 7.04. The molecule has 0 spiro atoms. The molecule has 3 N–H and O–H groups in total. The maximum atomic E-state index is 5.68. The van der Waals surface area contributed by atoms with Gasteiger partial charge in [-0.3, -0.25) is 0 Å². The van der Waals surface area contributed by atoms with Crippen molar-refractivity contribution < 1.29 is 0 Å². The monoisotopic (exact) mass is 385 g/mol. The first kappa shape index (κ1) is 21.9. The lowest BCUT2D eigenvalue weighted by Crippen LogP contribution is -2.43. The summed E-state index contributed by atoms with van der Waals surface area (Å²) in [5, 5.41) is 4.73. The summed E-state index contributed by atoms with van der Waals surface area (Å²) in [4.78, 5) is 11.9. The molecule has 0 unspecified atom stereocenters. The molecule has 7 heteroatoms. The van der Waals surface area contributed by atoms with E-state index < -0.39 is 0 Å². The molecule has 1 fully saturated rings. The molecule has 5 nitrogen and oxygen atoms in total. The van der Waals surface area contributed by atoms with Crippen LogP contribution in [0.5, 0.6) is 0 Å². The zero-order valence-electron chi connectivity index (χ0n) is 15.0. The van der Waals surface area contributed by atoms with E-state index in [1.54, 1.807) is 0 Å². The number of hydrogen-bond acceptors (Lipinski definition) is 5. The highest BCUT2D eigenvalue weighted by molar-refractivity contribution is 5.89. The van der Waals surface area contributed by atoms with Crippen molar-refractivity contribution in [3.8, 4) is 0 Å². The highest BCUT2D eigenvalue weighted by Gasteiger charge is 2.25. The molecule has 0 bridgehead atoms. The Balaban J connectivity index is 0.00000156. The molecule has 0 atom stereocenters.